The maximum Gasteiger partial charge on any atom is 0.0564 e. The van der Waals surface area contributed by atoms with E-state index in [2.05, 4.69) is 6.92 Å². The molecule has 0 rings (SSSR count). The average Bonchev–Trinajstić information content (AvgIpc) is 2.14. The Kier molecular flexibility index (Phi) is 5.86. The van der Waals surface area contributed by atoms with Crippen LogP contribution in [-0.2, 0) is 0 Å². The van der Waals surface area contributed by atoms with Crippen molar-refractivity contribution in [1.82, 2.24) is 0 Å². The average molecular weight is 176 g/mol. The summed E-state index contributed by atoms with van der Waals surface area (Å²) in [6.07, 6.45) is 5.45. The smallest absolute Gasteiger partial charge is 0.0564 e. The first kappa shape index (κ1) is 6.42. The summed E-state index contributed by atoms with van der Waals surface area (Å²) in [7, 11) is 0. The van der Waals surface area contributed by atoms with E-state index in [4.69, 9.17) is 10.6 Å². The first-order valence-corrected chi connectivity index (χ1v) is 5.03. The topological polar surface area (TPSA) is 20.2 Å². The summed E-state index contributed by atoms with van der Waals surface area (Å²) in [6.45, 7) is -0.562. The SMILES string of the molecule is [2H]C([2H])(O)C([2H])([2H])CCCCCCCCC. The fourth-order valence-electron chi connectivity index (χ4n) is 1.23. The van der Waals surface area contributed by atoms with Crippen LogP contribution in [0, 0.1) is 0 Å². The minimum absolute atomic E-state index is 0.0876. The van der Waals surface area contributed by atoms with Crippen LogP contribution in [0.2, 0.25) is 0 Å². The van der Waals surface area contributed by atoms with E-state index in [1.54, 1.807) is 0 Å². The number of rotatable bonds is 9. The van der Waals surface area contributed by atoms with Gasteiger partial charge in [0, 0.05) is 9.30 Å². The summed E-state index contributed by atoms with van der Waals surface area (Å²) < 4.78 is 28.6. The first-order chi connectivity index (χ1) is 7.31. The highest BCUT2D eigenvalue weighted by Gasteiger charge is 1.90. The van der Waals surface area contributed by atoms with Crippen molar-refractivity contribution in [3.63, 3.8) is 0 Å². The molecule has 1 nitrogen and oxygen atoms in total. The van der Waals surface area contributed by atoms with Crippen LogP contribution in [-0.4, -0.2) is 11.7 Å². The third kappa shape index (κ3) is 9.96. The van der Waals surface area contributed by atoms with Gasteiger partial charge in [-0.15, -0.1) is 0 Å². The van der Waals surface area contributed by atoms with Gasteiger partial charge in [0.1, 0.15) is 0 Å². The van der Waals surface area contributed by atoms with Crippen LogP contribution in [0.3, 0.4) is 0 Å². The Morgan fingerprint density at radius 3 is 1.92 bits per heavy atom. The Labute approximate surface area is 82.8 Å². The quantitative estimate of drug-likeness (QED) is 0.533. The van der Waals surface area contributed by atoms with Gasteiger partial charge in [0.05, 0.1) is 2.74 Å². The van der Waals surface area contributed by atoms with Gasteiger partial charge >= 0.3 is 0 Å². The third-order valence-corrected chi connectivity index (χ3v) is 1.98. The predicted molar refractivity (Wildman–Crippen MR) is 54.3 cm³/mol. The molecule has 0 saturated heterocycles. The van der Waals surface area contributed by atoms with Crippen LogP contribution in [0.1, 0.15) is 70.1 Å². The van der Waals surface area contributed by atoms with E-state index in [9.17, 15) is 0 Å². The molecular formula is C11H24O. The normalized spacial score (nSPS) is 17.8. The van der Waals surface area contributed by atoms with Gasteiger partial charge in [-0.25, -0.2) is 0 Å². The van der Waals surface area contributed by atoms with E-state index in [1.165, 1.54) is 25.7 Å². The van der Waals surface area contributed by atoms with Crippen LogP contribution in [0.4, 0.5) is 0 Å². The maximum absolute atomic E-state index is 8.98. The lowest BCUT2D eigenvalue weighted by Crippen LogP contribution is -1.84. The second kappa shape index (κ2) is 11.0. The van der Waals surface area contributed by atoms with Crippen LogP contribution < -0.4 is 0 Å². The summed E-state index contributed by atoms with van der Waals surface area (Å²) in [5.74, 6) is 0. The van der Waals surface area contributed by atoms with E-state index < -0.39 is 12.9 Å². The summed E-state index contributed by atoms with van der Waals surface area (Å²) in [5.41, 5.74) is 0. The van der Waals surface area contributed by atoms with Gasteiger partial charge < -0.3 is 5.11 Å². The lowest BCUT2D eigenvalue weighted by atomic mass is 10.1. The molecule has 0 amide bonds. The molecule has 0 bridgehead atoms. The molecule has 0 aromatic carbocycles. The zero-order valence-electron chi connectivity index (χ0n) is 12.1. The zero-order chi connectivity index (χ0) is 12.7. The summed E-state index contributed by atoms with van der Waals surface area (Å²) >= 11 is 0. The number of unbranched alkanes of at least 4 members (excludes halogenated alkanes) is 6. The molecule has 1 heteroatoms. The highest BCUT2D eigenvalue weighted by atomic mass is 16.2. The van der Waals surface area contributed by atoms with E-state index in [-0.39, 0.29) is 6.42 Å². The first-order valence-electron chi connectivity index (χ1n) is 7.03. The van der Waals surface area contributed by atoms with Crippen LogP contribution in [0.15, 0.2) is 0 Å². The van der Waals surface area contributed by atoms with E-state index in [1.807, 2.05) is 0 Å². The van der Waals surface area contributed by atoms with E-state index in [0.717, 1.165) is 12.8 Å². The molecule has 0 aromatic rings. The Bertz CT molecular complexity index is 177. The van der Waals surface area contributed by atoms with Crippen molar-refractivity contribution in [2.75, 3.05) is 6.56 Å². The van der Waals surface area contributed by atoms with Gasteiger partial charge in [-0.1, -0.05) is 58.3 Å². The highest BCUT2D eigenvalue weighted by Crippen LogP contribution is 2.08. The van der Waals surface area contributed by atoms with Crippen molar-refractivity contribution >= 4 is 0 Å². The Balaban J connectivity index is 3.51. The summed E-state index contributed by atoms with van der Waals surface area (Å²) in [6, 6.07) is 0. The third-order valence-electron chi connectivity index (χ3n) is 1.98. The molecule has 0 fully saturated rings. The largest absolute Gasteiger partial charge is 0.396 e. The molecule has 0 heterocycles. The van der Waals surface area contributed by atoms with Gasteiger partial charge in [-0.05, 0) is 6.37 Å². The van der Waals surface area contributed by atoms with Crippen molar-refractivity contribution in [3.8, 4) is 0 Å². The van der Waals surface area contributed by atoms with Crippen molar-refractivity contribution in [2.45, 2.75) is 64.7 Å². The molecular weight excluding hydrogens is 148 g/mol. The molecule has 0 radical (unpaired) electrons. The van der Waals surface area contributed by atoms with Gasteiger partial charge in [-0.2, -0.15) is 0 Å². The molecule has 0 aromatic heterocycles. The van der Waals surface area contributed by atoms with E-state index in [0.29, 0.717) is 6.42 Å². The lowest BCUT2D eigenvalue weighted by Gasteiger charge is -1.99. The zero-order valence-corrected chi connectivity index (χ0v) is 8.10. The summed E-state index contributed by atoms with van der Waals surface area (Å²) in [5, 5.41) is 8.98. The molecule has 0 aliphatic rings. The second-order valence-corrected chi connectivity index (χ2v) is 3.16. The van der Waals surface area contributed by atoms with Crippen LogP contribution in [0.25, 0.3) is 0 Å². The van der Waals surface area contributed by atoms with Gasteiger partial charge in [-0.3, -0.25) is 0 Å². The van der Waals surface area contributed by atoms with Crippen LogP contribution in [0.5, 0.6) is 0 Å². The molecule has 0 spiro atoms. The molecule has 0 saturated carbocycles. The molecule has 0 aliphatic carbocycles. The predicted octanol–water partition coefficient (Wildman–Crippen LogP) is 3.51. The van der Waals surface area contributed by atoms with Crippen molar-refractivity contribution in [3.05, 3.63) is 0 Å². The standard InChI is InChI=1S/C11H24O/c1-2-3-4-5-6-7-8-9-10-11-12/h12H,2-11H2,1H3/i10D2,11D2. The number of hydrogen-bond acceptors (Lipinski definition) is 1. The minimum Gasteiger partial charge on any atom is -0.396 e. The molecule has 0 atom stereocenters. The fraction of sp³-hybridized carbons (Fsp3) is 1.00. The minimum atomic E-state index is -2.73. The lowest BCUT2D eigenvalue weighted by molar-refractivity contribution is 0.282. The fourth-order valence-corrected chi connectivity index (χ4v) is 1.23. The van der Waals surface area contributed by atoms with E-state index >= 15 is 0 Å². The second-order valence-electron chi connectivity index (χ2n) is 3.16. The molecule has 0 unspecified atom stereocenters. The Hall–Kier alpha value is -0.0400. The molecule has 74 valence electrons. The van der Waals surface area contributed by atoms with Crippen molar-refractivity contribution in [2.24, 2.45) is 0 Å². The maximum atomic E-state index is 8.98. The van der Waals surface area contributed by atoms with Gasteiger partial charge in [0.2, 0.25) is 0 Å². The molecule has 12 heavy (non-hydrogen) atoms. The van der Waals surface area contributed by atoms with Crippen molar-refractivity contribution in [1.29, 1.82) is 0 Å². The van der Waals surface area contributed by atoms with Crippen LogP contribution >= 0.6 is 0 Å². The Morgan fingerprint density at radius 1 is 0.917 bits per heavy atom. The molecule has 1 N–H and O–H groups in total. The number of hydrogen-bond donors (Lipinski definition) is 1. The highest BCUT2D eigenvalue weighted by molar-refractivity contribution is 4.45. The summed E-state index contributed by atoms with van der Waals surface area (Å²) in [4.78, 5) is 0. The van der Waals surface area contributed by atoms with Crippen molar-refractivity contribution < 1.29 is 10.6 Å². The van der Waals surface area contributed by atoms with Gasteiger partial charge in [0.15, 0.2) is 0 Å². The molecule has 0 aliphatic heterocycles. The van der Waals surface area contributed by atoms with Gasteiger partial charge in [0.25, 0.3) is 0 Å². The Morgan fingerprint density at radius 2 is 1.42 bits per heavy atom. The monoisotopic (exact) mass is 176 g/mol. The number of aliphatic hydroxyl groups is 1.